The second-order valence-electron chi connectivity index (χ2n) is 2.89. The van der Waals surface area contributed by atoms with Gasteiger partial charge in [-0.15, -0.1) is 11.6 Å². The molecule has 1 atom stereocenters. The number of nitrogens with one attached hydrogen (secondary N) is 1. The number of fused-ring (bicyclic) bond motifs is 1. The van der Waals surface area contributed by atoms with Crippen molar-refractivity contribution in [3.8, 4) is 0 Å². The number of hydrogen-bond donors (Lipinski definition) is 1. The average molecular weight is 212 g/mol. The number of H-pyrrole nitrogens is 1. The predicted molar refractivity (Wildman–Crippen MR) is 52.1 cm³/mol. The number of hydrogen-bond acceptors (Lipinski definition) is 3. The molecule has 2 rings (SSSR count). The van der Waals surface area contributed by atoms with Crippen LogP contribution in [-0.4, -0.2) is 27.3 Å². The van der Waals surface area contributed by atoms with Gasteiger partial charge in [0.25, 0.3) is 5.91 Å². The molecule has 1 radical (unpaired) electrons. The van der Waals surface area contributed by atoms with E-state index in [1.54, 1.807) is 0 Å². The number of amidine groups is 1. The molecular formula is C8H8ClN4O. The van der Waals surface area contributed by atoms with Gasteiger partial charge in [0.05, 0.1) is 11.6 Å². The molecule has 0 saturated heterocycles. The van der Waals surface area contributed by atoms with E-state index in [0.717, 1.165) is 0 Å². The summed E-state index contributed by atoms with van der Waals surface area (Å²) in [6.45, 7) is 1.91. The molecule has 0 fully saturated rings. The SMILES string of the molecule is CCC(Cl)C1=Nc2cn[nH]c2C(=O)[N]1. The van der Waals surface area contributed by atoms with E-state index in [0.29, 0.717) is 23.6 Å². The maximum absolute atomic E-state index is 11.4. The standard InChI is InChI=1S/C8H8ClN4O/c1-2-4(9)7-11-5-3-10-13-6(5)8(14)12-7/h3-4H,2H2,1H3,(H,10,13). The van der Waals surface area contributed by atoms with Gasteiger partial charge < -0.3 is 0 Å². The van der Waals surface area contributed by atoms with Crippen LogP contribution in [0.5, 0.6) is 0 Å². The highest BCUT2D eigenvalue weighted by molar-refractivity contribution is 6.34. The van der Waals surface area contributed by atoms with Gasteiger partial charge in [-0.2, -0.15) is 10.4 Å². The lowest BCUT2D eigenvalue weighted by atomic mass is 10.2. The van der Waals surface area contributed by atoms with Crippen molar-refractivity contribution < 1.29 is 4.79 Å². The van der Waals surface area contributed by atoms with E-state index in [1.807, 2.05) is 6.92 Å². The number of aliphatic imine (C=N–C) groups is 1. The summed E-state index contributed by atoms with van der Waals surface area (Å²) in [5, 5.41) is 9.72. The molecule has 0 spiro atoms. The summed E-state index contributed by atoms with van der Waals surface area (Å²) in [6, 6.07) is 0. The van der Waals surface area contributed by atoms with Gasteiger partial charge >= 0.3 is 0 Å². The first-order valence-electron chi connectivity index (χ1n) is 4.24. The molecule has 2 heterocycles. The number of aromatic nitrogens is 2. The molecule has 1 unspecified atom stereocenters. The second kappa shape index (κ2) is 3.42. The number of amides is 1. The van der Waals surface area contributed by atoms with Gasteiger partial charge in [0, 0.05) is 0 Å². The Balaban J connectivity index is 2.38. The summed E-state index contributed by atoms with van der Waals surface area (Å²) in [7, 11) is 0. The third-order valence-corrected chi connectivity index (χ3v) is 2.43. The van der Waals surface area contributed by atoms with Crippen molar-refractivity contribution in [1.29, 1.82) is 0 Å². The highest BCUT2D eigenvalue weighted by atomic mass is 35.5. The minimum atomic E-state index is -0.360. The lowest BCUT2D eigenvalue weighted by molar-refractivity contribution is 0.0967. The first kappa shape index (κ1) is 9.21. The number of rotatable bonds is 2. The molecule has 1 aromatic heterocycles. The molecule has 0 bridgehead atoms. The van der Waals surface area contributed by atoms with Crippen molar-refractivity contribution in [3.63, 3.8) is 0 Å². The Morgan fingerprint density at radius 1 is 1.64 bits per heavy atom. The lowest BCUT2D eigenvalue weighted by Gasteiger charge is -2.13. The third kappa shape index (κ3) is 1.39. The molecule has 1 amide bonds. The van der Waals surface area contributed by atoms with Crippen molar-refractivity contribution >= 4 is 29.0 Å². The molecule has 5 nitrogen and oxygen atoms in total. The lowest BCUT2D eigenvalue weighted by Crippen LogP contribution is -2.32. The Kier molecular flexibility index (Phi) is 2.25. The number of alkyl halides is 1. The van der Waals surface area contributed by atoms with Gasteiger partial charge in [0.15, 0.2) is 11.5 Å². The van der Waals surface area contributed by atoms with E-state index in [2.05, 4.69) is 20.5 Å². The minimum absolute atomic E-state index is 0.318. The Bertz CT molecular complexity index is 398. The van der Waals surface area contributed by atoms with Crippen LogP contribution in [0, 0.1) is 0 Å². The maximum atomic E-state index is 11.4. The minimum Gasteiger partial charge on any atom is -0.271 e. The molecule has 73 valence electrons. The van der Waals surface area contributed by atoms with E-state index < -0.39 is 0 Å². The van der Waals surface area contributed by atoms with E-state index in [9.17, 15) is 4.79 Å². The molecule has 1 N–H and O–H groups in total. The molecule has 1 aromatic rings. The molecule has 1 aliphatic heterocycles. The van der Waals surface area contributed by atoms with Crippen molar-refractivity contribution in [2.45, 2.75) is 18.7 Å². The smallest absolute Gasteiger partial charge is 0.271 e. The van der Waals surface area contributed by atoms with Gasteiger partial charge in [-0.3, -0.25) is 9.89 Å². The summed E-state index contributed by atoms with van der Waals surface area (Å²) in [6.07, 6.45) is 2.17. The van der Waals surface area contributed by atoms with Crippen LogP contribution in [0.1, 0.15) is 23.8 Å². The van der Waals surface area contributed by atoms with Crippen LogP contribution in [-0.2, 0) is 0 Å². The number of halogens is 1. The summed E-state index contributed by atoms with van der Waals surface area (Å²) in [5.74, 6) is 0.00895. The zero-order chi connectivity index (χ0) is 10.1. The monoisotopic (exact) mass is 211 g/mol. The van der Waals surface area contributed by atoms with Crippen LogP contribution < -0.4 is 5.32 Å². The largest absolute Gasteiger partial charge is 0.299 e. The first-order chi connectivity index (χ1) is 6.72. The van der Waals surface area contributed by atoms with E-state index in [-0.39, 0.29) is 11.3 Å². The number of carbonyl (C=O) groups is 1. The molecule has 1 aliphatic rings. The number of carbonyl (C=O) groups excluding carboxylic acids is 1. The summed E-state index contributed by atoms with van der Waals surface area (Å²) < 4.78 is 0. The number of nitrogens with zero attached hydrogens (tertiary/aromatic N) is 3. The molecule has 0 aromatic carbocycles. The average Bonchev–Trinajstić information content (AvgIpc) is 2.64. The quantitative estimate of drug-likeness (QED) is 0.747. The first-order valence-corrected chi connectivity index (χ1v) is 4.68. The number of aromatic amines is 1. The Hall–Kier alpha value is -1.36. The molecule has 14 heavy (non-hydrogen) atoms. The molecule has 0 saturated carbocycles. The van der Waals surface area contributed by atoms with Crippen LogP contribution >= 0.6 is 11.6 Å². The topological polar surface area (TPSA) is 72.2 Å². The fourth-order valence-electron chi connectivity index (χ4n) is 1.15. The van der Waals surface area contributed by atoms with Crippen LogP contribution in [0.25, 0.3) is 0 Å². The Morgan fingerprint density at radius 3 is 3.14 bits per heavy atom. The van der Waals surface area contributed by atoms with Crippen LogP contribution in [0.15, 0.2) is 11.2 Å². The van der Waals surface area contributed by atoms with E-state index >= 15 is 0 Å². The molecule has 6 heteroatoms. The fraction of sp³-hybridized carbons (Fsp3) is 0.375. The maximum Gasteiger partial charge on any atom is 0.299 e. The Labute approximate surface area is 85.6 Å². The third-order valence-electron chi connectivity index (χ3n) is 1.92. The predicted octanol–water partition coefficient (Wildman–Crippen LogP) is 1.22. The van der Waals surface area contributed by atoms with E-state index in [4.69, 9.17) is 11.6 Å². The normalized spacial score (nSPS) is 17.0. The van der Waals surface area contributed by atoms with Gasteiger partial charge in [0.2, 0.25) is 0 Å². The van der Waals surface area contributed by atoms with Crippen LogP contribution in [0.4, 0.5) is 5.69 Å². The van der Waals surface area contributed by atoms with Crippen molar-refractivity contribution in [3.05, 3.63) is 11.9 Å². The van der Waals surface area contributed by atoms with Crippen LogP contribution in [0.2, 0.25) is 0 Å². The van der Waals surface area contributed by atoms with Gasteiger partial charge in [-0.1, -0.05) is 6.92 Å². The molecular weight excluding hydrogens is 204 g/mol. The highest BCUT2D eigenvalue weighted by Crippen LogP contribution is 2.22. The van der Waals surface area contributed by atoms with Crippen molar-refractivity contribution in [2.24, 2.45) is 4.99 Å². The summed E-state index contributed by atoms with van der Waals surface area (Å²) in [5.41, 5.74) is 0.841. The van der Waals surface area contributed by atoms with Crippen LogP contribution in [0.3, 0.4) is 0 Å². The highest BCUT2D eigenvalue weighted by Gasteiger charge is 2.26. The van der Waals surface area contributed by atoms with Crippen molar-refractivity contribution in [1.82, 2.24) is 15.5 Å². The summed E-state index contributed by atoms with van der Waals surface area (Å²) >= 11 is 5.94. The fourth-order valence-corrected chi connectivity index (χ4v) is 1.25. The second-order valence-corrected chi connectivity index (χ2v) is 3.42. The Morgan fingerprint density at radius 2 is 2.43 bits per heavy atom. The van der Waals surface area contributed by atoms with E-state index in [1.165, 1.54) is 6.20 Å². The zero-order valence-corrected chi connectivity index (χ0v) is 8.25. The summed E-state index contributed by atoms with van der Waals surface area (Å²) in [4.78, 5) is 15.5. The van der Waals surface area contributed by atoms with Gasteiger partial charge in [-0.25, -0.2) is 4.99 Å². The van der Waals surface area contributed by atoms with Gasteiger partial charge in [0.1, 0.15) is 5.69 Å². The van der Waals surface area contributed by atoms with Gasteiger partial charge in [-0.05, 0) is 6.42 Å². The molecule has 0 aliphatic carbocycles. The van der Waals surface area contributed by atoms with Crippen molar-refractivity contribution in [2.75, 3.05) is 0 Å². The zero-order valence-electron chi connectivity index (χ0n) is 7.49.